The quantitative estimate of drug-likeness (QED) is 0.512. The fourth-order valence-corrected chi connectivity index (χ4v) is 2.41. The number of nitro benzene ring substituents is 1. The molecule has 7 nitrogen and oxygen atoms in total. The van der Waals surface area contributed by atoms with Crippen LogP contribution in [0.25, 0.3) is 0 Å². The molecular weight excluding hydrogens is 266 g/mol. The summed E-state index contributed by atoms with van der Waals surface area (Å²) in [6, 6.07) is 5.15. The molecular formula is C11H13N5O2S. The van der Waals surface area contributed by atoms with Gasteiger partial charge in [-0.3, -0.25) is 10.1 Å². The van der Waals surface area contributed by atoms with Gasteiger partial charge in [0.15, 0.2) is 5.16 Å². The molecule has 0 aliphatic heterocycles. The topological polar surface area (TPSA) is 85.9 Å². The van der Waals surface area contributed by atoms with E-state index in [9.17, 15) is 10.1 Å². The maximum absolute atomic E-state index is 11.0. The SMILES string of the molecule is CNc1ccc(CSc2nncn2C)cc1[N+](=O)[O-]. The molecule has 2 aromatic rings. The first-order valence-electron chi connectivity index (χ1n) is 5.53. The molecule has 0 saturated heterocycles. The molecule has 2 rings (SSSR count). The highest BCUT2D eigenvalue weighted by Crippen LogP contribution is 2.28. The zero-order valence-electron chi connectivity index (χ0n) is 10.5. The summed E-state index contributed by atoms with van der Waals surface area (Å²) in [7, 11) is 3.52. The summed E-state index contributed by atoms with van der Waals surface area (Å²) in [5.41, 5.74) is 1.47. The summed E-state index contributed by atoms with van der Waals surface area (Å²) >= 11 is 1.49. The Morgan fingerprint density at radius 3 is 2.89 bits per heavy atom. The minimum Gasteiger partial charge on any atom is -0.383 e. The van der Waals surface area contributed by atoms with Gasteiger partial charge in [-0.25, -0.2) is 0 Å². The number of nitrogens with one attached hydrogen (secondary N) is 1. The van der Waals surface area contributed by atoms with Crippen LogP contribution in [0.15, 0.2) is 29.7 Å². The van der Waals surface area contributed by atoms with Crippen molar-refractivity contribution in [3.05, 3.63) is 40.2 Å². The van der Waals surface area contributed by atoms with E-state index in [-0.39, 0.29) is 10.6 Å². The van der Waals surface area contributed by atoms with Crippen molar-refractivity contribution >= 4 is 23.1 Å². The Morgan fingerprint density at radius 2 is 2.32 bits per heavy atom. The van der Waals surface area contributed by atoms with E-state index in [0.717, 1.165) is 10.7 Å². The summed E-state index contributed by atoms with van der Waals surface area (Å²) < 4.78 is 1.81. The first kappa shape index (κ1) is 13.3. The Hall–Kier alpha value is -2.09. The van der Waals surface area contributed by atoms with E-state index in [1.54, 1.807) is 30.1 Å². The van der Waals surface area contributed by atoms with Gasteiger partial charge in [0.1, 0.15) is 12.0 Å². The van der Waals surface area contributed by atoms with Crippen LogP contribution >= 0.6 is 11.8 Å². The number of nitrogens with zero attached hydrogens (tertiary/aromatic N) is 4. The maximum atomic E-state index is 11.0. The van der Waals surface area contributed by atoms with Gasteiger partial charge in [-0.2, -0.15) is 0 Å². The summed E-state index contributed by atoms with van der Waals surface area (Å²) in [6.45, 7) is 0. The second-order valence-corrected chi connectivity index (χ2v) is 4.81. The molecule has 1 N–H and O–H groups in total. The Balaban J connectivity index is 2.15. The zero-order valence-corrected chi connectivity index (χ0v) is 11.3. The molecule has 8 heteroatoms. The first-order chi connectivity index (χ1) is 9.11. The van der Waals surface area contributed by atoms with Gasteiger partial charge in [0.25, 0.3) is 5.69 Å². The van der Waals surface area contributed by atoms with Crippen molar-refractivity contribution in [2.24, 2.45) is 7.05 Å². The number of hydrogen-bond donors (Lipinski definition) is 1. The van der Waals surface area contributed by atoms with E-state index in [2.05, 4.69) is 15.5 Å². The number of rotatable bonds is 5. The largest absolute Gasteiger partial charge is 0.383 e. The van der Waals surface area contributed by atoms with Crippen LogP contribution in [0.5, 0.6) is 0 Å². The van der Waals surface area contributed by atoms with E-state index in [1.165, 1.54) is 11.8 Å². The number of aryl methyl sites for hydroxylation is 1. The van der Waals surface area contributed by atoms with Gasteiger partial charge in [-0.15, -0.1) is 10.2 Å². The lowest BCUT2D eigenvalue weighted by Crippen LogP contribution is -1.97. The fourth-order valence-electron chi connectivity index (χ4n) is 1.58. The Labute approximate surface area is 114 Å². The molecule has 1 aromatic heterocycles. The summed E-state index contributed by atoms with van der Waals surface area (Å²) in [6.07, 6.45) is 1.62. The summed E-state index contributed by atoms with van der Waals surface area (Å²) in [4.78, 5) is 10.6. The van der Waals surface area contributed by atoms with Gasteiger partial charge in [0, 0.05) is 25.9 Å². The number of nitro groups is 1. The lowest BCUT2D eigenvalue weighted by molar-refractivity contribution is -0.384. The standard InChI is InChI=1S/C11H13N5O2S/c1-12-9-4-3-8(5-10(9)16(17)18)6-19-11-14-13-7-15(11)2/h3-5,7,12H,6H2,1-2H3. The number of hydrogen-bond acceptors (Lipinski definition) is 6. The van der Waals surface area contributed by atoms with Crippen molar-refractivity contribution in [2.75, 3.05) is 12.4 Å². The minimum absolute atomic E-state index is 0.0820. The predicted molar refractivity (Wildman–Crippen MR) is 73.2 cm³/mol. The molecule has 0 spiro atoms. The highest BCUT2D eigenvalue weighted by Gasteiger charge is 2.13. The Bertz CT molecular complexity index is 599. The predicted octanol–water partition coefficient (Wildman–Crippen LogP) is 2.06. The number of benzene rings is 1. The monoisotopic (exact) mass is 279 g/mol. The van der Waals surface area contributed by atoms with E-state index >= 15 is 0 Å². The molecule has 0 saturated carbocycles. The second-order valence-electron chi connectivity index (χ2n) is 3.87. The van der Waals surface area contributed by atoms with E-state index < -0.39 is 0 Å². The molecule has 0 atom stereocenters. The molecule has 1 heterocycles. The van der Waals surface area contributed by atoms with Crippen LogP contribution < -0.4 is 5.32 Å². The van der Waals surface area contributed by atoms with Gasteiger partial charge in [0.2, 0.25) is 0 Å². The third-order valence-electron chi connectivity index (χ3n) is 2.57. The van der Waals surface area contributed by atoms with Crippen LogP contribution in [0.2, 0.25) is 0 Å². The van der Waals surface area contributed by atoms with Gasteiger partial charge in [-0.05, 0) is 11.6 Å². The van der Waals surface area contributed by atoms with Gasteiger partial charge < -0.3 is 9.88 Å². The van der Waals surface area contributed by atoms with Crippen molar-refractivity contribution in [1.82, 2.24) is 14.8 Å². The molecule has 0 amide bonds. The van der Waals surface area contributed by atoms with Gasteiger partial charge >= 0.3 is 0 Å². The van der Waals surface area contributed by atoms with E-state index in [1.807, 2.05) is 13.1 Å². The van der Waals surface area contributed by atoms with Gasteiger partial charge in [0.05, 0.1) is 4.92 Å². The highest BCUT2D eigenvalue weighted by molar-refractivity contribution is 7.98. The van der Waals surface area contributed by atoms with Crippen LogP contribution in [0.4, 0.5) is 11.4 Å². The van der Waals surface area contributed by atoms with Gasteiger partial charge in [-0.1, -0.05) is 17.8 Å². The Kier molecular flexibility index (Phi) is 4.00. The molecule has 0 radical (unpaired) electrons. The van der Waals surface area contributed by atoms with Crippen molar-refractivity contribution < 1.29 is 4.92 Å². The molecule has 0 unspecified atom stereocenters. The van der Waals surface area contributed by atoms with E-state index in [4.69, 9.17) is 0 Å². The molecule has 19 heavy (non-hydrogen) atoms. The smallest absolute Gasteiger partial charge is 0.292 e. The Morgan fingerprint density at radius 1 is 1.53 bits per heavy atom. The van der Waals surface area contributed by atoms with Crippen molar-refractivity contribution in [3.8, 4) is 0 Å². The molecule has 1 aromatic carbocycles. The van der Waals surface area contributed by atoms with Crippen LogP contribution in [0.1, 0.15) is 5.56 Å². The average molecular weight is 279 g/mol. The first-order valence-corrected chi connectivity index (χ1v) is 6.52. The summed E-state index contributed by atoms with van der Waals surface area (Å²) in [5.74, 6) is 0.608. The molecule has 0 bridgehead atoms. The average Bonchev–Trinajstić information content (AvgIpc) is 2.81. The molecule has 0 aliphatic rings. The summed E-state index contributed by atoms with van der Waals surface area (Å²) in [5, 5.41) is 22.3. The van der Waals surface area contributed by atoms with Crippen molar-refractivity contribution in [1.29, 1.82) is 0 Å². The fraction of sp³-hybridized carbons (Fsp3) is 0.273. The maximum Gasteiger partial charge on any atom is 0.292 e. The number of aromatic nitrogens is 3. The molecule has 100 valence electrons. The highest BCUT2D eigenvalue weighted by atomic mass is 32.2. The van der Waals surface area contributed by atoms with Crippen molar-refractivity contribution in [3.63, 3.8) is 0 Å². The third kappa shape index (κ3) is 3.02. The number of anilines is 1. The van der Waals surface area contributed by atoms with Crippen LogP contribution in [0, 0.1) is 10.1 Å². The second kappa shape index (κ2) is 5.70. The van der Waals surface area contributed by atoms with Crippen molar-refractivity contribution in [2.45, 2.75) is 10.9 Å². The van der Waals surface area contributed by atoms with E-state index in [0.29, 0.717) is 11.4 Å². The molecule has 0 fully saturated rings. The normalized spacial score (nSPS) is 10.4. The lowest BCUT2D eigenvalue weighted by atomic mass is 10.2. The lowest BCUT2D eigenvalue weighted by Gasteiger charge is -2.05. The van der Waals surface area contributed by atoms with Crippen LogP contribution in [-0.2, 0) is 12.8 Å². The minimum atomic E-state index is -0.387. The third-order valence-corrected chi connectivity index (χ3v) is 3.67. The zero-order chi connectivity index (χ0) is 13.8. The number of thioether (sulfide) groups is 1. The van der Waals surface area contributed by atoms with Crippen LogP contribution in [0.3, 0.4) is 0 Å². The molecule has 0 aliphatic carbocycles. The van der Waals surface area contributed by atoms with Crippen LogP contribution in [-0.4, -0.2) is 26.7 Å².